The third-order valence-electron chi connectivity index (χ3n) is 2.93. The number of amides is 1. The molecule has 1 rings (SSSR count). The Morgan fingerprint density at radius 1 is 1.50 bits per heavy atom. The maximum Gasteiger partial charge on any atom is 0.237 e. The van der Waals surface area contributed by atoms with E-state index in [0.29, 0.717) is 12.5 Å². The molecule has 2 unspecified atom stereocenters. The molecule has 0 aromatic rings. The van der Waals surface area contributed by atoms with Crippen LogP contribution in [0, 0.1) is 5.92 Å². The summed E-state index contributed by atoms with van der Waals surface area (Å²) in [4.78, 5) is 11.7. The molecule has 1 saturated heterocycles. The molecule has 2 N–H and O–H groups in total. The molecule has 16 heavy (non-hydrogen) atoms. The lowest BCUT2D eigenvalue weighted by atomic mass is 10.0. The average molecular weight is 228 g/mol. The Morgan fingerprint density at radius 3 is 2.94 bits per heavy atom. The highest BCUT2D eigenvalue weighted by molar-refractivity contribution is 5.82. The summed E-state index contributed by atoms with van der Waals surface area (Å²) in [7, 11) is 0. The fourth-order valence-electron chi connectivity index (χ4n) is 1.93. The molecule has 0 aliphatic carbocycles. The van der Waals surface area contributed by atoms with E-state index in [9.17, 15) is 4.79 Å². The zero-order valence-corrected chi connectivity index (χ0v) is 10.4. The van der Waals surface area contributed by atoms with Crippen LogP contribution in [-0.4, -0.2) is 38.3 Å². The van der Waals surface area contributed by atoms with Gasteiger partial charge < -0.3 is 15.4 Å². The van der Waals surface area contributed by atoms with Crippen molar-refractivity contribution in [3.8, 4) is 0 Å². The zero-order chi connectivity index (χ0) is 11.8. The average Bonchev–Trinajstić information content (AvgIpc) is 2.69. The lowest BCUT2D eigenvalue weighted by molar-refractivity contribution is -0.123. The van der Waals surface area contributed by atoms with Gasteiger partial charge in [0.05, 0.1) is 6.04 Å². The second-order valence-electron chi connectivity index (χ2n) is 4.45. The predicted octanol–water partition coefficient (Wildman–Crippen LogP) is 0.917. The van der Waals surface area contributed by atoms with Crippen LogP contribution in [0.15, 0.2) is 0 Å². The van der Waals surface area contributed by atoms with Crippen molar-refractivity contribution in [3.63, 3.8) is 0 Å². The first-order valence-corrected chi connectivity index (χ1v) is 6.34. The highest BCUT2D eigenvalue weighted by atomic mass is 16.5. The summed E-state index contributed by atoms with van der Waals surface area (Å²) in [5, 5.41) is 6.17. The molecule has 0 saturated carbocycles. The standard InChI is InChI=1S/C12H24N2O2/c1-3-8-16-9-4-6-14-12(15)11-10(2)5-7-13-11/h10-11,13H,3-9H2,1-2H3,(H,14,15). The van der Waals surface area contributed by atoms with Gasteiger partial charge in [-0.05, 0) is 31.7 Å². The van der Waals surface area contributed by atoms with Crippen LogP contribution in [0.4, 0.5) is 0 Å². The van der Waals surface area contributed by atoms with Crippen molar-refractivity contribution < 1.29 is 9.53 Å². The summed E-state index contributed by atoms with van der Waals surface area (Å²) < 4.78 is 5.34. The molecule has 0 radical (unpaired) electrons. The molecule has 1 aliphatic rings. The quantitative estimate of drug-likeness (QED) is 0.637. The third kappa shape index (κ3) is 4.49. The Bertz CT molecular complexity index is 209. The van der Waals surface area contributed by atoms with E-state index in [2.05, 4.69) is 24.5 Å². The van der Waals surface area contributed by atoms with Crippen LogP contribution in [0.3, 0.4) is 0 Å². The van der Waals surface area contributed by atoms with E-state index in [0.717, 1.165) is 39.0 Å². The lowest BCUT2D eigenvalue weighted by Gasteiger charge is -2.15. The summed E-state index contributed by atoms with van der Waals surface area (Å²) in [6, 6.07) is 0.0107. The van der Waals surface area contributed by atoms with Gasteiger partial charge in [-0.3, -0.25) is 4.79 Å². The highest BCUT2D eigenvalue weighted by Gasteiger charge is 2.28. The van der Waals surface area contributed by atoms with Crippen LogP contribution in [-0.2, 0) is 9.53 Å². The van der Waals surface area contributed by atoms with Gasteiger partial charge in [0.2, 0.25) is 5.91 Å². The van der Waals surface area contributed by atoms with Crippen LogP contribution < -0.4 is 10.6 Å². The third-order valence-corrected chi connectivity index (χ3v) is 2.93. The van der Waals surface area contributed by atoms with Gasteiger partial charge in [0.25, 0.3) is 0 Å². The predicted molar refractivity (Wildman–Crippen MR) is 64.3 cm³/mol. The van der Waals surface area contributed by atoms with E-state index in [1.54, 1.807) is 0 Å². The molecule has 4 heteroatoms. The van der Waals surface area contributed by atoms with Crippen molar-refractivity contribution in [2.24, 2.45) is 5.92 Å². The van der Waals surface area contributed by atoms with E-state index in [1.807, 2.05) is 0 Å². The molecule has 0 aromatic carbocycles. The van der Waals surface area contributed by atoms with Gasteiger partial charge in [-0.15, -0.1) is 0 Å². The Morgan fingerprint density at radius 2 is 2.31 bits per heavy atom. The minimum atomic E-state index is 0.0107. The van der Waals surface area contributed by atoms with Crippen LogP contribution in [0.25, 0.3) is 0 Å². The molecule has 1 aliphatic heterocycles. The summed E-state index contributed by atoms with van der Waals surface area (Å²) in [5.41, 5.74) is 0. The molecular formula is C12H24N2O2. The van der Waals surface area contributed by atoms with Gasteiger partial charge in [0.15, 0.2) is 0 Å². The monoisotopic (exact) mass is 228 g/mol. The van der Waals surface area contributed by atoms with E-state index in [4.69, 9.17) is 4.74 Å². The molecule has 0 aromatic heterocycles. The number of carbonyl (C=O) groups excluding carboxylic acids is 1. The Kier molecular flexibility index (Phi) is 6.42. The summed E-state index contributed by atoms with van der Waals surface area (Å²) >= 11 is 0. The van der Waals surface area contributed by atoms with Crippen LogP contribution >= 0.6 is 0 Å². The van der Waals surface area contributed by atoms with Crippen molar-refractivity contribution in [2.75, 3.05) is 26.3 Å². The topological polar surface area (TPSA) is 50.4 Å². The van der Waals surface area contributed by atoms with E-state index >= 15 is 0 Å². The second kappa shape index (κ2) is 7.63. The van der Waals surface area contributed by atoms with Gasteiger partial charge in [0.1, 0.15) is 0 Å². The second-order valence-corrected chi connectivity index (χ2v) is 4.45. The van der Waals surface area contributed by atoms with E-state index in [1.165, 1.54) is 0 Å². The fourth-order valence-corrected chi connectivity index (χ4v) is 1.93. The largest absolute Gasteiger partial charge is 0.381 e. The SMILES string of the molecule is CCCOCCCNC(=O)C1NCCC1C. The number of hydrogen-bond donors (Lipinski definition) is 2. The minimum Gasteiger partial charge on any atom is -0.381 e. The maximum atomic E-state index is 11.7. The molecule has 94 valence electrons. The Balaban J connectivity index is 2.02. The van der Waals surface area contributed by atoms with Crippen molar-refractivity contribution in [1.82, 2.24) is 10.6 Å². The molecule has 4 nitrogen and oxygen atoms in total. The molecule has 1 fully saturated rings. The number of ether oxygens (including phenoxy) is 1. The van der Waals surface area contributed by atoms with Crippen LogP contribution in [0.2, 0.25) is 0 Å². The normalized spacial score (nSPS) is 24.6. The molecule has 1 amide bonds. The van der Waals surface area contributed by atoms with Gasteiger partial charge >= 0.3 is 0 Å². The van der Waals surface area contributed by atoms with Crippen LogP contribution in [0.1, 0.15) is 33.1 Å². The van der Waals surface area contributed by atoms with E-state index < -0.39 is 0 Å². The number of rotatable bonds is 7. The Hall–Kier alpha value is -0.610. The maximum absolute atomic E-state index is 11.7. The van der Waals surface area contributed by atoms with Gasteiger partial charge in [-0.25, -0.2) is 0 Å². The summed E-state index contributed by atoms with van der Waals surface area (Å²) in [6.07, 6.45) is 3.04. The summed E-state index contributed by atoms with van der Waals surface area (Å²) in [5.74, 6) is 0.594. The zero-order valence-electron chi connectivity index (χ0n) is 10.4. The summed E-state index contributed by atoms with van der Waals surface area (Å²) in [6.45, 7) is 7.44. The van der Waals surface area contributed by atoms with E-state index in [-0.39, 0.29) is 11.9 Å². The van der Waals surface area contributed by atoms with Crippen molar-refractivity contribution in [1.29, 1.82) is 0 Å². The van der Waals surface area contributed by atoms with Crippen molar-refractivity contribution in [2.45, 2.75) is 39.2 Å². The van der Waals surface area contributed by atoms with Crippen molar-refractivity contribution >= 4 is 5.91 Å². The minimum absolute atomic E-state index is 0.0107. The number of carbonyl (C=O) groups is 1. The van der Waals surface area contributed by atoms with Gasteiger partial charge in [-0.2, -0.15) is 0 Å². The number of hydrogen-bond acceptors (Lipinski definition) is 3. The first-order chi connectivity index (χ1) is 7.75. The van der Waals surface area contributed by atoms with Gasteiger partial charge in [0, 0.05) is 19.8 Å². The smallest absolute Gasteiger partial charge is 0.237 e. The molecule has 0 bridgehead atoms. The molecular weight excluding hydrogens is 204 g/mol. The van der Waals surface area contributed by atoms with Crippen LogP contribution in [0.5, 0.6) is 0 Å². The Labute approximate surface area is 98.1 Å². The van der Waals surface area contributed by atoms with Gasteiger partial charge in [-0.1, -0.05) is 13.8 Å². The number of nitrogens with one attached hydrogen (secondary N) is 2. The fraction of sp³-hybridized carbons (Fsp3) is 0.917. The molecule has 1 heterocycles. The highest BCUT2D eigenvalue weighted by Crippen LogP contribution is 2.13. The van der Waals surface area contributed by atoms with Crippen molar-refractivity contribution in [3.05, 3.63) is 0 Å². The molecule has 2 atom stereocenters. The lowest BCUT2D eigenvalue weighted by Crippen LogP contribution is -2.43. The first-order valence-electron chi connectivity index (χ1n) is 6.34. The molecule has 0 spiro atoms. The first kappa shape index (κ1) is 13.5.